The van der Waals surface area contributed by atoms with E-state index < -0.39 is 5.97 Å². The average Bonchev–Trinajstić information content (AvgIpc) is 2.45. The van der Waals surface area contributed by atoms with E-state index >= 15 is 0 Å². The second-order valence-corrected chi connectivity index (χ2v) is 4.94. The fourth-order valence-electron chi connectivity index (χ4n) is 2.05. The van der Waals surface area contributed by atoms with Crippen LogP contribution in [0.5, 0.6) is 0 Å². The van der Waals surface area contributed by atoms with Crippen LogP contribution in [-0.2, 0) is 11.3 Å². The molecule has 0 heterocycles. The van der Waals surface area contributed by atoms with Gasteiger partial charge in [-0.15, -0.1) is 0 Å². The second-order valence-electron chi connectivity index (χ2n) is 4.94. The standard InChI is InChI=1S/C16H22N2O2/c1-2-3-4-10-18(11-9-16(19)20)13-15-7-5-14(12-17)6-8-15/h5-8H,2-4,9-11,13H2,1H3,(H,19,20). The molecular weight excluding hydrogens is 252 g/mol. The maximum atomic E-state index is 10.7. The highest BCUT2D eigenvalue weighted by molar-refractivity contribution is 5.66. The Balaban J connectivity index is 2.56. The maximum absolute atomic E-state index is 10.7. The van der Waals surface area contributed by atoms with E-state index in [-0.39, 0.29) is 6.42 Å². The van der Waals surface area contributed by atoms with Crippen molar-refractivity contribution in [3.05, 3.63) is 35.4 Å². The van der Waals surface area contributed by atoms with Crippen molar-refractivity contribution in [2.45, 2.75) is 39.2 Å². The van der Waals surface area contributed by atoms with Crippen LogP contribution >= 0.6 is 0 Å². The lowest BCUT2D eigenvalue weighted by atomic mass is 10.1. The van der Waals surface area contributed by atoms with E-state index in [4.69, 9.17) is 10.4 Å². The first-order chi connectivity index (χ1) is 9.65. The van der Waals surface area contributed by atoms with Gasteiger partial charge in [0.1, 0.15) is 0 Å². The molecule has 108 valence electrons. The van der Waals surface area contributed by atoms with Gasteiger partial charge in [-0.05, 0) is 30.7 Å². The lowest BCUT2D eigenvalue weighted by molar-refractivity contribution is -0.137. The van der Waals surface area contributed by atoms with E-state index in [1.807, 2.05) is 12.1 Å². The number of hydrogen-bond acceptors (Lipinski definition) is 3. The van der Waals surface area contributed by atoms with Crippen molar-refractivity contribution in [2.24, 2.45) is 0 Å². The number of aliphatic carboxylic acids is 1. The van der Waals surface area contributed by atoms with Crippen molar-refractivity contribution in [1.29, 1.82) is 5.26 Å². The second kappa shape index (κ2) is 9.11. The minimum Gasteiger partial charge on any atom is -0.481 e. The van der Waals surface area contributed by atoms with Gasteiger partial charge in [0.25, 0.3) is 0 Å². The number of nitrogens with zero attached hydrogens (tertiary/aromatic N) is 2. The number of nitriles is 1. The predicted octanol–water partition coefficient (Wildman–Crippen LogP) is 3.03. The number of hydrogen-bond donors (Lipinski definition) is 1. The summed E-state index contributed by atoms with van der Waals surface area (Å²) in [7, 11) is 0. The molecular formula is C16H22N2O2. The van der Waals surface area contributed by atoms with E-state index in [2.05, 4.69) is 17.9 Å². The van der Waals surface area contributed by atoms with Crippen LogP contribution in [0, 0.1) is 11.3 Å². The number of benzene rings is 1. The van der Waals surface area contributed by atoms with Crippen LogP contribution in [-0.4, -0.2) is 29.1 Å². The minimum atomic E-state index is -0.759. The molecule has 0 bridgehead atoms. The zero-order valence-electron chi connectivity index (χ0n) is 12.0. The van der Waals surface area contributed by atoms with Crippen LogP contribution in [0.2, 0.25) is 0 Å². The van der Waals surface area contributed by atoms with Crippen molar-refractivity contribution in [3.63, 3.8) is 0 Å². The first kappa shape index (κ1) is 16.2. The van der Waals surface area contributed by atoms with Gasteiger partial charge in [0.2, 0.25) is 0 Å². The van der Waals surface area contributed by atoms with Crippen LogP contribution in [0.4, 0.5) is 0 Å². The Morgan fingerprint density at radius 3 is 2.50 bits per heavy atom. The first-order valence-electron chi connectivity index (χ1n) is 7.09. The van der Waals surface area contributed by atoms with E-state index in [0.29, 0.717) is 12.1 Å². The van der Waals surface area contributed by atoms with Gasteiger partial charge in [0.15, 0.2) is 0 Å². The molecule has 1 aromatic carbocycles. The van der Waals surface area contributed by atoms with Crippen molar-refractivity contribution in [3.8, 4) is 6.07 Å². The van der Waals surface area contributed by atoms with Crippen molar-refractivity contribution in [2.75, 3.05) is 13.1 Å². The van der Waals surface area contributed by atoms with E-state index in [1.54, 1.807) is 12.1 Å². The summed E-state index contributed by atoms with van der Waals surface area (Å²) in [5.74, 6) is -0.759. The van der Waals surface area contributed by atoms with Crippen molar-refractivity contribution >= 4 is 5.97 Å². The smallest absolute Gasteiger partial charge is 0.304 e. The van der Waals surface area contributed by atoms with Crippen LogP contribution in [0.1, 0.15) is 43.7 Å². The normalized spacial score (nSPS) is 10.4. The molecule has 0 saturated heterocycles. The fraction of sp³-hybridized carbons (Fsp3) is 0.500. The topological polar surface area (TPSA) is 64.3 Å². The molecule has 0 unspecified atom stereocenters. The van der Waals surface area contributed by atoms with Gasteiger partial charge in [-0.1, -0.05) is 31.9 Å². The van der Waals surface area contributed by atoms with E-state index in [9.17, 15) is 4.79 Å². The molecule has 0 aliphatic rings. The molecule has 0 aliphatic heterocycles. The average molecular weight is 274 g/mol. The Kier molecular flexibility index (Phi) is 7.38. The van der Waals surface area contributed by atoms with Gasteiger partial charge in [0.05, 0.1) is 18.1 Å². The molecule has 0 spiro atoms. The molecule has 0 amide bonds. The summed E-state index contributed by atoms with van der Waals surface area (Å²) in [6.07, 6.45) is 3.58. The third kappa shape index (κ3) is 6.35. The monoisotopic (exact) mass is 274 g/mol. The number of carbonyl (C=O) groups is 1. The van der Waals surface area contributed by atoms with Gasteiger partial charge in [-0.3, -0.25) is 9.69 Å². The summed E-state index contributed by atoms with van der Waals surface area (Å²) in [6, 6.07) is 9.58. The van der Waals surface area contributed by atoms with Gasteiger partial charge in [-0.2, -0.15) is 5.26 Å². The maximum Gasteiger partial charge on any atom is 0.304 e. The summed E-state index contributed by atoms with van der Waals surface area (Å²) >= 11 is 0. The van der Waals surface area contributed by atoms with Crippen LogP contribution in [0.15, 0.2) is 24.3 Å². The first-order valence-corrected chi connectivity index (χ1v) is 7.09. The molecule has 20 heavy (non-hydrogen) atoms. The van der Waals surface area contributed by atoms with Gasteiger partial charge < -0.3 is 5.11 Å². The fourth-order valence-corrected chi connectivity index (χ4v) is 2.05. The molecule has 4 nitrogen and oxygen atoms in total. The zero-order valence-corrected chi connectivity index (χ0v) is 12.0. The number of rotatable bonds is 9. The van der Waals surface area contributed by atoms with Gasteiger partial charge in [-0.25, -0.2) is 0 Å². The summed E-state index contributed by atoms with van der Waals surface area (Å²) in [5.41, 5.74) is 1.77. The highest BCUT2D eigenvalue weighted by Crippen LogP contribution is 2.09. The van der Waals surface area contributed by atoms with Crippen molar-refractivity contribution in [1.82, 2.24) is 4.90 Å². The molecule has 0 saturated carbocycles. The largest absolute Gasteiger partial charge is 0.481 e. The SMILES string of the molecule is CCCCCN(CCC(=O)O)Cc1ccc(C#N)cc1. The lowest BCUT2D eigenvalue weighted by Crippen LogP contribution is -2.27. The van der Waals surface area contributed by atoms with E-state index in [0.717, 1.165) is 37.9 Å². The van der Waals surface area contributed by atoms with Crippen molar-refractivity contribution < 1.29 is 9.90 Å². The molecule has 0 aromatic heterocycles. The summed E-state index contributed by atoms with van der Waals surface area (Å²) in [6.45, 7) is 4.38. The van der Waals surface area contributed by atoms with Crippen LogP contribution in [0.3, 0.4) is 0 Å². The van der Waals surface area contributed by atoms with Crippen LogP contribution in [0.25, 0.3) is 0 Å². The Bertz CT molecular complexity index is 449. The molecule has 0 radical (unpaired) electrons. The zero-order chi connectivity index (χ0) is 14.8. The lowest BCUT2D eigenvalue weighted by Gasteiger charge is -2.21. The van der Waals surface area contributed by atoms with Gasteiger partial charge >= 0.3 is 5.97 Å². The summed E-state index contributed by atoms with van der Waals surface area (Å²) in [4.78, 5) is 12.9. The third-order valence-corrected chi connectivity index (χ3v) is 3.21. The number of carboxylic acids is 1. The highest BCUT2D eigenvalue weighted by Gasteiger charge is 2.08. The highest BCUT2D eigenvalue weighted by atomic mass is 16.4. The molecule has 0 atom stereocenters. The predicted molar refractivity (Wildman–Crippen MR) is 78.2 cm³/mol. The number of carboxylic acid groups (broad SMARTS) is 1. The minimum absolute atomic E-state index is 0.169. The molecule has 0 fully saturated rings. The summed E-state index contributed by atoms with van der Waals surface area (Å²) < 4.78 is 0. The quantitative estimate of drug-likeness (QED) is 0.703. The Labute approximate surface area is 120 Å². The van der Waals surface area contributed by atoms with Gasteiger partial charge in [0, 0.05) is 13.1 Å². The molecule has 1 rings (SSSR count). The Hall–Kier alpha value is -1.86. The number of unbranched alkanes of at least 4 members (excludes halogenated alkanes) is 2. The molecule has 4 heteroatoms. The molecule has 0 aliphatic carbocycles. The molecule has 1 N–H and O–H groups in total. The third-order valence-electron chi connectivity index (χ3n) is 3.21. The Morgan fingerprint density at radius 1 is 1.25 bits per heavy atom. The summed E-state index contributed by atoms with van der Waals surface area (Å²) in [5, 5.41) is 17.6. The Morgan fingerprint density at radius 2 is 1.95 bits per heavy atom. The van der Waals surface area contributed by atoms with Crippen LogP contribution < -0.4 is 0 Å². The molecule has 1 aromatic rings. The van der Waals surface area contributed by atoms with E-state index in [1.165, 1.54) is 0 Å².